The number of rotatable bonds is 6. The largest absolute Gasteiger partial charge is 0.357 e. The van der Waals surface area contributed by atoms with Gasteiger partial charge in [-0.2, -0.15) is 0 Å². The van der Waals surface area contributed by atoms with Crippen molar-refractivity contribution in [3.05, 3.63) is 46.0 Å². The molecule has 1 aliphatic heterocycles. The van der Waals surface area contributed by atoms with Gasteiger partial charge in [0, 0.05) is 35.9 Å². The van der Waals surface area contributed by atoms with Gasteiger partial charge in [-0.25, -0.2) is 4.99 Å². The van der Waals surface area contributed by atoms with Gasteiger partial charge in [-0.3, -0.25) is 0 Å². The maximum absolute atomic E-state index is 4.74. The minimum atomic E-state index is 0. The molecular weight excluding hydrogens is 519 g/mol. The number of halogens is 2. The van der Waals surface area contributed by atoms with Gasteiger partial charge in [0.2, 0.25) is 0 Å². The Bertz CT molecular complexity index is 814. The second-order valence-corrected chi connectivity index (χ2v) is 7.95. The van der Waals surface area contributed by atoms with Crippen molar-refractivity contribution in [2.24, 2.45) is 4.99 Å². The van der Waals surface area contributed by atoms with Crippen LogP contribution in [0, 0.1) is 0 Å². The van der Waals surface area contributed by atoms with Gasteiger partial charge < -0.3 is 15.2 Å². The lowest BCUT2D eigenvalue weighted by Crippen LogP contribution is -2.41. The van der Waals surface area contributed by atoms with Crippen molar-refractivity contribution < 1.29 is 0 Å². The average Bonchev–Trinajstić information content (AvgIpc) is 3.10. The maximum atomic E-state index is 4.74. The third kappa shape index (κ3) is 4.47. The number of hydrogen-bond acceptors (Lipinski definition) is 3. The topological polar surface area (TPSA) is 67.1 Å². The van der Waals surface area contributed by atoms with Crippen LogP contribution in [0.25, 0.3) is 0 Å². The lowest BCUT2D eigenvalue weighted by molar-refractivity contribution is 0.640. The van der Waals surface area contributed by atoms with Crippen molar-refractivity contribution in [1.29, 1.82) is 0 Å². The van der Waals surface area contributed by atoms with Crippen LogP contribution in [0.1, 0.15) is 43.4 Å². The number of nitrogens with zero attached hydrogens (tertiary/aromatic N) is 4. The molecule has 4 rings (SSSR count). The first-order valence-corrected chi connectivity index (χ1v) is 10.2. The van der Waals surface area contributed by atoms with Gasteiger partial charge in [-0.1, -0.05) is 34.1 Å². The van der Waals surface area contributed by atoms with Crippen LogP contribution in [-0.4, -0.2) is 33.8 Å². The molecule has 0 spiro atoms. The molecule has 1 aliphatic carbocycles. The number of guanidine groups is 1. The van der Waals surface area contributed by atoms with Crippen molar-refractivity contribution in [3.8, 4) is 0 Å². The summed E-state index contributed by atoms with van der Waals surface area (Å²) in [4.78, 5) is 4.74. The first-order chi connectivity index (χ1) is 12.7. The fourth-order valence-electron chi connectivity index (χ4n) is 3.66. The standard InChI is InChI=1S/C19H25BrN6.HI/c1-2-21-18(22-12-17-25-24-16-8-5-11-26(16)17)23-13-19(9-10-19)14-6-3-4-7-15(14)20;/h3-4,6-7H,2,5,8-13H2,1H3,(H2,21,22,23);1H. The van der Waals surface area contributed by atoms with Crippen molar-refractivity contribution in [3.63, 3.8) is 0 Å². The highest BCUT2D eigenvalue weighted by Gasteiger charge is 2.45. The van der Waals surface area contributed by atoms with E-state index < -0.39 is 0 Å². The number of fused-ring (bicyclic) bond motifs is 1. The van der Waals surface area contributed by atoms with Gasteiger partial charge in [-0.05, 0) is 37.8 Å². The Kier molecular flexibility index (Phi) is 6.78. The summed E-state index contributed by atoms with van der Waals surface area (Å²) in [5.41, 5.74) is 1.60. The summed E-state index contributed by atoms with van der Waals surface area (Å²) >= 11 is 3.70. The van der Waals surface area contributed by atoms with Crippen molar-refractivity contribution >= 4 is 45.9 Å². The summed E-state index contributed by atoms with van der Waals surface area (Å²) in [5.74, 6) is 2.90. The highest BCUT2D eigenvalue weighted by Crippen LogP contribution is 2.49. The van der Waals surface area contributed by atoms with Crippen LogP contribution in [0.3, 0.4) is 0 Å². The molecule has 0 atom stereocenters. The number of benzene rings is 1. The smallest absolute Gasteiger partial charge is 0.191 e. The third-order valence-corrected chi connectivity index (χ3v) is 5.99. The van der Waals surface area contributed by atoms with Crippen LogP contribution in [0.2, 0.25) is 0 Å². The molecule has 0 unspecified atom stereocenters. The second kappa shape index (κ2) is 8.89. The Hall–Kier alpha value is -1.16. The van der Waals surface area contributed by atoms with Gasteiger partial charge >= 0.3 is 0 Å². The molecule has 27 heavy (non-hydrogen) atoms. The summed E-state index contributed by atoms with van der Waals surface area (Å²) < 4.78 is 3.40. The molecule has 1 saturated carbocycles. The SMILES string of the molecule is CCNC(=NCc1nnc2n1CCC2)NCC1(c2ccccc2Br)CC1.I. The van der Waals surface area contributed by atoms with Crippen molar-refractivity contribution in [1.82, 2.24) is 25.4 Å². The van der Waals surface area contributed by atoms with Crippen LogP contribution in [0.15, 0.2) is 33.7 Å². The third-order valence-electron chi connectivity index (χ3n) is 5.30. The quantitative estimate of drug-likeness (QED) is 0.332. The van der Waals surface area contributed by atoms with Crippen LogP contribution in [0.4, 0.5) is 0 Å². The molecule has 2 aromatic rings. The Morgan fingerprint density at radius 1 is 1.26 bits per heavy atom. The van der Waals surface area contributed by atoms with Crippen LogP contribution in [0.5, 0.6) is 0 Å². The fraction of sp³-hybridized carbons (Fsp3) is 0.526. The zero-order chi connectivity index (χ0) is 18.0. The van der Waals surface area contributed by atoms with E-state index in [9.17, 15) is 0 Å². The molecule has 6 nitrogen and oxygen atoms in total. The summed E-state index contributed by atoms with van der Waals surface area (Å²) in [5, 5.41) is 15.4. The van der Waals surface area contributed by atoms with E-state index >= 15 is 0 Å². The van der Waals surface area contributed by atoms with Gasteiger partial charge in [0.25, 0.3) is 0 Å². The highest BCUT2D eigenvalue weighted by molar-refractivity contribution is 14.0. The van der Waals surface area contributed by atoms with Crippen molar-refractivity contribution in [2.45, 2.75) is 51.1 Å². The lowest BCUT2D eigenvalue weighted by atomic mass is 9.96. The molecule has 146 valence electrons. The van der Waals surface area contributed by atoms with Gasteiger partial charge in [0.05, 0.1) is 0 Å². The Balaban J connectivity index is 0.00000210. The summed E-state index contributed by atoms with van der Waals surface area (Å²) in [6, 6.07) is 8.54. The Morgan fingerprint density at radius 2 is 2.07 bits per heavy atom. The van der Waals surface area contributed by atoms with Gasteiger partial charge in [-0.15, -0.1) is 34.2 Å². The van der Waals surface area contributed by atoms with E-state index in [4.69, 9.17) is 4.99 Å². The van der Waals surface area contributed by atoms with Crippen molar-refractivity contribution in [2.75, 3.05) is 13.1 Å². The summed E-state index contributed by atoms with van der Waals surface area (Å²) in [6.07, 6.45) is 4.61. The van der Waals surface area contributed by atoms with E-state index in [1.807, 2.05) is 0 Å². The van der Waals surface area contributed by atoms with Crippen LogP contribution >= 0.6 is 39.9 Å². The van der Waals surface area contributed by atoms with E-state index in [1.165, 1.54) is 22.9 Å². The molecule has 1 aromatic carbocycles. The molecule has 2 aliphatic rings. The van der Waals surface area contributed by atoms with Gasteiger partial charge in [0.1, 0.15) is 12.4 Å². The number of aromatic nitrogens is 3. The fourth-order valence-corrected chi connectivity index (χ4v) is 4.36. The molecule has 1 fully saturated rings. The zero-order valence-electron chi connectivity index (χ0n) is 15.5. The Labute approximate surface area is 185 Å². The molecule has 0 saturated heterocycles. The van der Waals surface area contributed by atoms with Crippen LogP contribution < -0.4 is 10.6 Å². The molecule has 2 N–H and O–H groups in total. The Morgan fingerprint density at radius 3 is 2.81 bits per heavy atom. The first-order valence-electron chi connectivity index (χ1n) is 9.40. The number of aliphatic imine (C=N–C) groups is 1. The molecule has 0 amide bonds. The molecular formula is C19H26BrIN6. The zero-order valence-corrected chi connectivity index (χ0v) is 19.5. The normalized spacial score (nSPS) is 17.2. The predicted octanol–water partition coefficient (Wildman–Crippen LogP) is 3.39. The number of hydrogen-bond donors (Lipinski definition) is 2. The molecule has 1 aromatic heterocycles. The van der Waals surface area contributed by atoms with E-state index in [0.717, 1.165) is 50.1 Å². The monoisotopic (exact) mass is 544 g/mol. The average molecular weight is 545 g/mol. The van der Waals surface area contributed by atoms with E-state index in [1.54, 1.807) is 0 Å². The molecule has 0 bridgehead atoms. The summed E-state index contributed by atoms with van der Waals surface area (Å²) in [7, 11) is 0. The first kappa shape index (κ1) is 20.6. The number of aryl methyl sites for hydroxylation is 1. The molecule has 0 radical (unpaired) electrons. The maximum Gasteiger partial charge on any atom is 0.191 e. The second-order valence-electron chi connectivity index (χ2n) is 7.10. The van der Waals surface area contributed by atoms with Crippen LogP contribution in [-0.2, 0) is 24.9 Å². The summed E-state index contributed by atoms with van der Waals surface area (Å²) in [6.45, 7) is 5.39. The number of nitrogens with one attached hydrogen (secondary N) is 2. The minimum absolute atomic E-state index is 0. The van der Waals surface area contributed by atoms with E-state index in [2.05, 4.69) is 72.5 Å². The predicted molar refractivity (Wildman–Crippen MR) is 122 cm³/mol. The highest BCUT2D eigenvalue weighted by atomic mass is 127. The van der Waals surface area contributed by atoms with Gasteiger partial charge in [0.15, 0.2) is 11.8 Å². The minimum Gasteiger partial charge on any atom is -0.357 e. The van der Waals surface area contributed by atoms with E-state index in [0.29, 0.717) is 6.54 Å². The van der Waals surface area contributed by atoms with E-state index in [-0.39, 0.29) is 29.4 Å². The molecule has 8 heteroatoms. The molecule has 2 heterocycles. The lowest BCUT2D eigenvalue weighted by Gasteiger charge is -2.20.